The van der Waals surface area contributed by atoms with E-state index in [0.717, 1.165) is 35.1 Å². The van der Waals surface area contributed by atoms with Gasteiger partial charge in [-0.2, -0.15) is 0 Å². The van der Waals surface area contributed by atoms with Crippen molar-refractivity contribution in [2.24, 2.45) is 0 Å². The Morgan fingerprint density at radius 3 is 2.66 bits per heavy atom. The number of nitrogens with one attached hydrogen (secondary N) is 3. The zero-order valence-electron chi connectivity index (χ0n) is 16.8. The van der Waals surface area contributed by atoms with Crippen LogP contribution in [0.25, 0.3) is 22.3 Å². The summed E-state index contributed by atoms with van der Waals surface area (Å²) in [6.07, 6.45) is 4.02. The molecule has 4 aromatic rings. The monoisotopic (exact) mass is 450 g/mol. The van der Waals surface area contributed by atoms with Gasteiger partial charge in [-0.3, -0.25) is 25.0 Å². The summed E-state index contributed by atoms with van der Waals surface area (Å²) in [5.41, 5.74) is 6.95. The first-order valence-electron chi connectivity index (χ1n) is 10.1. The number of benzene rings is 2. The molecule has 5 rings (SSSR count). The lowest BCUT2D eigenvalue weighted by molar-refractivity contribution is -0.119. The van der Waals surface area contributed by atoms with Crippen molar-refractivity contribution in [1.29, 1.82) is 0 Å². The van der Waals surface area contributed by atoms with Crippen molar-refractivity contribution in [1.82, 2.24) is 30.6 Å². The van der Waals surface area contributed by atoms with Crippen molar-refractivity contribution in [3.63, 3.8) is 0 Å². The van der Waals surface area contributed by atoms with Gasteiger partial charge in [0.2, 0.25) is 5.91 Å². The summed E-state index contributed by atoms with van der Waals surface area (Å²) in [5, 5.41) is 10.5. The Morgan fingerprint density at radius 2 is 1.88 bits per heavy atom. The molecule has 3 N–H and O–H groups in total. The highest BCUT2D eigenvalue weighted by Crippen LogP contribution is 2.42. The van der Waals surface area contributed by atoms with Crippen LogP contribution in [0.3, 0.4) is 0 Å². The molecule has 1 aliphatic rings. The molecule has 8 nitrogen and oxygen atoms in total. The van der Waals surface area contributed by atoms with E-state index in [0.29, 0.717) is 11.2 Å². The summed E-state index contributed by atoms with van der Waals surface area (Å²) >= 11 is 1.26. The van der Waals surface area contributed by atoms with Gasteiger partial charge in [0, 0.05) is 34.3 Å². The highest BCUT2D eigenvalue weighted by Gasteiger charge is 2.31. The number of halogens is 1. The van der Waals surface area contributed by atoms with Gasteiger partial charge in [0.25, 0.3) is 5.91 Å². The molecular formula is C22H19FN6O2S. The minimum absolute atomic E-state index is 0.0580. The summed E-state index contributed by atoms with van der Waals surface area (Å²) in [6.45, 7) is 0. The third kappa shape index (κ3) is 4.09. The lowest BCUT2D eigenvalue weighted by Gasteiger charge is -2.09. The van der Waals surface area contributed by atoms with E-state index >= 15 is 0 Å². The lowest BCUT2D eigenvalue weighted by atomic mass is 10.1. The van der Waals surface area contributed by atoms with Gasteiger partial charge in [-0.05, 0) is 43.2 Å². The van der Waals surface area contributed by atoms with Crippen molar-refractivity contribution in [2.45, 2.75) is 24.0 Å². The number of amides is 2. The van der Waals surface area contributed by atoms with Crippen LogP contribution in [0.5, 0.6) is 0 Å². The molecule has 10 heteroatoms. The minimum Gasteiger partial charge on any atom is -0.360 e. The molecule has 2 amide bonds. The van der Waals surface area contributed by atoms with Crippen molar-refractivity contribution in [3.8, 4) is 11.4 Å². The number of fused-ring (bicyclic) bond motifs is 1. The summed E-state index contributed by atoms with van der Waals surface area (Å²) in [6, 6.07) is 13.4. The SMILES string of the molecule is O=C(CSc1nnc(-c2c[nH]c3ccccc23)n1C1CC1)NNC(=O)c1ccc(F)cc1. The van der Waals surface area contributed by atoms with Gasteiger partial charge in [-0.15, -0.1) is 10.2 Å². The van der Waals surface area contributed by atoms with Gasteiger partial charge in [0.15, 0.2) is 11.0 Å². The molecule has 0 saturated heterocycles. The number of para-hydroxylation sites is 1. The molecular weight excluding hydrogens is 431 g/mol. The molecule has 0 atom stereocenters. The predicted molar refractivity (Wildman–Crippen MR) is 118 cm³/mol. The average molecular weight is 450 g/mol. The second-order valence-electron chi connectivity index (χ2n) is 7.45. The summed E-state index contributed by atoms with van der Waals surface area (Å²) < 4.78 is 15.1. The van der Waals surface area contributed by atoms with Gasteiger partial charge < -0.3 is 4.98 Å². The first-order valence-corrected chi connectivity index (χ1v) is 11.1. The van der Waals surface area contributed by atoms with Crippen LogP contribution < -0.4 is 10.9 Å². The zero-order chi connectivity index (χ0) is 22.1. The van der Waals surface area contributed by atoms with Gasteiger partial charge >= 0.3 is 0 Å². The highest BCUT2D eigenvalue weighted by molar-refractivity contribution is 7.99. The fraction of sp³-hybridized carbons (Fsp3) is 0.182. The van der Waals surface area contributed by atoms with E-state index in [1.165, 1.54) is 36.0 Å². The second-order valence-corrected chi connectivity index (χ2v) is 8.40. The maximum Gasteiger partial charge on any atom is 0.269 e. The number of hydrogen-bond acceptors (Lipinski definition) is 5. The molecule has 0 radical (unpaired) electrons. The maximum atomic E-state index is 13.0. The quantitative estimate of drug-likeness (QED) is 0.308. The average Bonchev–Trinajstić information content (AvgIpc) is 3.42. The molecule has 1 saturated carbocycles. The number of aromatic amines is 1. The molecule has 1 fully saturated rings. The van der Waals surface area contributed by atoms with Crippen LogP contribution >= 0.6 is 11.8 Å². The fourth-order valence-corrected chi connectivity index (χ4v) is 4.25. The van der Waals surface area contributed by atoms with Crippen LogP contribution in [0.4, 0.5) is 4.39 Å². The molecule has 162 valence electrons. The van der Waals surface area contributed by atoms with Crippen LogP contribution in [-0.4, -0.2) is 37.3 Å². The number of hydrazine groups is 1. The van der Waals surface area contributed by atoms with Gasteiger partial charge in [-0.1, -0.05) is 30.0 Å². The van der Waals surface area contributed by atoms with Crippen molar-refractivity contribution < 1.29 is 14.0 Å². The first-order chi connectivity index (χ1) is 15.6. The second kappa shape index (κ2) is 8.46. The van der Waals surface area contributed by atoms with E-state index in [4.69, 9.17) is 0 Å². The molecule has 0 spiro atoms. The predicted octanol–water partition coefficient (Wildman–Crippen LogP) is 3.45. The molecule has 2 heterocycles. The van der Waals surface area contributed by atoms with Crippen LogP contribution in [-0.2, 0) is 4.79 Å². The van der Waals surface area contributed by atoms with Crippen LogP contribution in [0.2, 0.25) is 0 Å². The number of carbonyl (C=O) groups is 2. The van der Waals surface area contributed by atoms with E-state index in [-0.39, 0.29) is 17.2 Å². The van der Waals surface area contributed by atoms with Crippen molar-refractivity contribution in [3.05, 3.63) is 66.1 Å². The van der Waals surface area contributed by atoms with E-state index in [1.807, 2.05) is 30.5 Å². The minimum atomic E-state index is -0.522. The number of hydrogen-bond donors (Lipinski definition) is 3. The Balaban J connectivity index is 1.25. The number of carbonyl (C=O) groups excluding carboxylic acids is 2. The topological polar surface area (TPSA) is 105 Å². The number of H-pyrrole nitrogens is 1. The molecule has 0 aliphatic heterocycles. The zero-order valence-corrected chi connectivity index (χ0v) is 17.7. The Bertz CT molecular complexity index is 1300. The Hall–Kier alpha value is -3.66. The number of nitrogens with zero attached hydrogens (tertiary/aromatic N) is 3. The molecule has 32 heavy (non-hydrogen) atoms. The molecule has 2 aromatic carbocycles. The normalized spacial score (nSPS) is 13.3. The maximum absolute atomic E-state index is 13.0. The molecule has 0 bridgehead atoms. The fourth-order valence-electron chi connectivity index (χ4n) is 3.44. The van der Waals surface area contributed by atoms with E-state index < -0.39 is 11.7 Å². The highest BCUT2D eigenvalue weighted by atomic mass is 32.2. The first kappa shape index (κ1) is 20.3. The summed E-state index contributed by atoms with van der Waals surface area (Å²) in [5.74, 6) is -0.510. The lowest BCUT2D eigenvalue weighted by Crippen LogP contribution is -2.42. The Kier molecular flexibility index (Phi) is 5.36. The third-order valence-corrected chi connectivity index (χ3v) is 6.10. The third-order valence-electron chi connectivity index (χ3n) is 5.16. The van der Waals surface area contributed by atoms with Gasteiger partial charge in [0.05, 0.1) is 5.75 Å². The van der Waals surface area contributed by atoms with Crippen LogP contribution in [0.1, 0.15) is 29.2 Å². The van der Waals surface area contributed by atoms with Crippen molar-refractivity contribution >= 4 is 34.5 Å². The van der Waals surface area contributed by atoms with E-state index in [2.05, 4.69) is 30.6 Å². The largest absolute Gasteiger partial charge is 0.360 e. The van der Waals surface area contributed by atoms with E-state index in [1.54, 1.807) is 0 Å². The van der Waals surface area contributed by atoms with E-state index in [9.17, 15) is 14.0 Å². The Morgan fingerprint density at radius 1 is 1.09 bits per heavy atom. The molecule has 2 aromatic heterocycles. The smallest absolute Gasteiger partial charge is 0.269 e. The standard InChI is InChI=1S/C22H19FN6O2S/c23-14-7-5-13(6-8-14)21(31)27-25-19(30)12-32-22-28-26-20(29(22)15-9-10-15)17-11-24-18-4-2-1-3-16(17)18/h1-8,11,15,24H,9-10,12H2,(H,25,30)(H,27,31). The number of aromatic nitrogens is 4. The number of thioether (sulfide) groups is 1. The summed E-state index contributed by atoms with van der Waals surface area (Å²) in [4.78, 5) is 27.6. The Labute approximate surface area is 186 Å². The molecule has 1 aliphatic carbocycles. The molecule has 0 unspecified atom stereocenters. The number of rotatable bonds is 6. The summed E-state index contributed by atoms with van der Waals surface area (Å²) in [7, 11) is 0. The van der Waals surface area contributed by atoms with Crippen LogP contribution in [0, 0.1) is 5.82 Å². The van der Waals surface area contributed by atoms with Gasteiger partial charge in [0.1, 0.15) is 5.82 Å². The van der Waals surface area contributed by atoms with Gasteiger partial charge in [-0.25, -0.2) is 4.39 Å². The van der Waals surface area contributed by atoms with Crippen LogP contribution in [0.15, 0.2) is 59.9 Å². The van der Waals surface area contributed by atoms with Crippen molar-refractivity contribution in [2.75, 3.05) is 5.75 Å².